The fourth-order valence-corrected chi connectivity index (χ4v) is 2.54. The lowest BCUT2D eigenvalue weighted by Gasteiger charge is -2.31. The largest absolute Gasteiger partial charge is 0.453 e. The van der Waals surface area contributed by atoms with E-state index < -0.39 is 0 Å². The van der Waals surface area contributed by atoms with Crippen molar-refractivity contribution in [1.29, 1.82) is 0 Å². The number of hydrogen-bond acceptors (Lipinski definition) is 3. The number of hydrogen-bond donors (Lipinski definition) is 1. The first-order valence-corrected chi connectivity index (χ1v) is 7.45. The SMILES string of the molecule is COC(=O)N1CCC(NC(=O)CCc2ccc(F)cc2)CC1. The van der Waals surface area contributed by atoms with Crippen LogP contribution in [0.5, 0.6) is 0 Å². The number of piperidine rings is 1. The highest BCUT2D eigenvalue weighted by atomic mass is 19.1. The van der Waals surface area contributed by atoms with E-state index in [1.54, 1.807) is 17.0 Å². The molecular formula is C16H21FN2O3. The van der Waals surface area contributed by atoms with Gasteiger partial charge in [0.1, 0.15) is 5.82 Å². The molecule has 1 aliphatic rings. The predicted molar refractivity (Wildman–Crippen MR) is 79.9 cm³/mol. The minimum Gasteiger partial charge on any atom is -0.453 e. The van der Waals surface area contributed by atoms with Gasteiger partial charge in [-0.15, -0.1) is 0 Å². The number of rotatable bonds is 4. The number of carbonyl (C=O) groups is 2. The molecule has 0 saturated carbocycles. The molecule has 1 heterocycles. The molecule has 0 unspecified atom stereocenters. The molecule has 5 nitrogen and oxygen atoms in total. The standard InChI is InChI=1S/C16H21FN2O3/c1-22-16(21)19-10-8-14(9-11-19)18-15(20)7-4-12-2-5-13(17)6-3-12/h2-3,5-6,14H,4,7-11H2,1H3,(H,18,20). The van der Waals surface area contributed by atoms with Crippen LogP contribution in [0.3, 0.4) is 0 Å². The van der Waals surface area contributed by atoms with Gasteiger partial charge in [0.25, 0.3) is 0 Å². The molecule has 1 saturated heterocycles. The van der Waals surface area contributed by atoms with E-state index in [9.17, 15) is 14.0 Å². The summed E-state index contributed by atoms with van der Waals surface area (Å²) in [6, 6.07) is 6.28. The molecule has 1 aliphatic heterocycles. The van der Waals surface area contributed by atoms with Crippen molar-refractivity contribution >= 4 is 12.0 Å². The fourth-order valence-electron chi connectivity index (χ4n) is 2.54. The molecule has 0 aromatic heterocycles. The number of nitrogens with one attached hydrogen (secondary N) is 1. The van der Waals surface area contributed by atoms with E-state index in [4.69, 9.17) is 0 Å². The van der Waals surface area contributed by atoms with Crippen molar-refractivity contribution in [3.8, 4) is 0 Å². The van der Waals surface area contributed by atoms with Crippen LogP contribution in [0.1, 0.15) is 24.8 Å². The Balaban J connectivity index is 1.69. The molecule has 1 aromatic carbocycles. The average molecular weight is 308 g/mol. The van der Waals surface area contributed by atoms with Crippen LogP contribution in [0.25, 0.3) is 0 Å². The maximum Gasteiger partial charge on any atom is 0.409 e. The second-order valence-corrected chi connectivity index (χ2v) is 5.43. The number of methoxy groups -OCH3 is 1. The number of carbonyl (C=O) groups excluding carboxylic acids is 2. The molecule has 0 spiro atoms. The van der Waals surface area contributed by atoms with Crippen LogP contribution in [0.15, 0.2) is 24.3 Å². The summed E-state index contributed by atoms with van der Waals surface area (Å²) in [5.41, 5.74) is 0.942. The normalized spacial score (nSPS) is 15.5. The third-order valence-corrected chi connectivity index (χ3v) is 3.85. The van der Waals surface area contributed by atoms with E-state index in [0.717, 1.165) is 18.4 Å². The summed E-state index contributed by atoms with van der Waals surface area (Å²) in [7, 11) is 1.37. The van der Waals surface area contributed by atoms with E-state index in [-0.39, 0.29) is 23.9 Å². The Labute approximate surface area is 129 Å². The Hall–Kier alpha value is -2.11. The van der Waals surface area contributed by atoms with Crippen LogP contribution in [-0.2, 0) is 16.0 Å². The van der Waals surface area contributed by atoms with E-state index in [1.165, 1.54) is 19.2 Å². The zero-order valence-electron chi connectivity index (χ0n) is 12.7. The molecule has 1 N–H and O–H groups in total. The molecular weight excluding hydrogens is 287 g/mol. The quantitative estimate of drug-likeness (QED) is 0.927. The Morgan fingerprint density at radius 3 is 2.50 bits per heavy atom. The van der Waals surface area contributed by atoms with Crippen molar-refractivity contribution in [3.05, 3.63) is 35.6 Å². The monoisotopic (exact) mass is 308 g/mol. The van der Waals surface area contributed by atoms with Gasteiger partial charge in [-0.05, 0) is 37.0 Å². The molecule has 0 atom stereocenters. The minimum atomic E-state index is -0.318. The van der Waals surface area contributed by atoms with Gasteiger partial charge in [0.15, 0.2) is 0 Å². The van der Waals surface area contributed by atoms with Crippen molar-refractivity contribution in [3.63, 3.8) is 0 Å². The predicted octanol–water partition coefficient (Wildman–Crippen LogP) is 2.11. The van der Waals surface area contributed by atoms with Gasteiger partial charge in [0.05, 0.1) is 7.11 Å². The van der Waals surface area contributed by atoms with E-state index >= 15 is 0 Å². The summed E-state index contributed by atoms with van der Waals surface area (Å²) in [6.07, 6.45) is 2.12. The van der Waals surface area contributed by atoms with Crippen LogP contribution in [0.2, 0.25) is 0 Å². The number of benzene rings is 1. The third-order valence-electron chi connectivity index (χ3n) is 3.85. The second-order valence-electron chi connectivity index (χ2n) is 5.43. The number of amides is 2. The summed E-state index contributed by atoms with van der Waals surface area (Å²) in [4.78, 5) is 24.9. The molecule has 1 aromatic rings. The number of nitrogens with zero attached hydrogens (tertiary/aromatic N) is 1. The highest BCUT2D eigenvalue weighted by Gasteiger charge is 2.23. The van der Waals surface area contributed by atoms with Crippen LogP contribution in [-0.4, -0.2) is 43.1 Å². The lowest BCUT2D eigenvalue weighted by atomic mass is 10.0. The summed E-state index contributed by atoms with van der Waals surface area (Å²) in [5.74, 6) is -0.286. The number of aryl methyl sites for hydroxylation is 1. The van der Waals surface area contributed by atoms with E-state index in [0.29, 0.717) is 25.9 Å². The Kier molecular flexibility index (Phi) is 5.75. The van der Waals surface area contributed by atoms with Gasteiger partial charge in [-0.3, -0.25) is 4.79 Å². The first-order chi connectivity index (χ1) is 10.6. The Bertz CT molecular complexity index is 511. The summed E-state index contributed by atoms with van der Waals surface area (Å²) < 4.78 is 17.5. The van der Waals surface area contributed by atoms with Crippen LogP contribution in [0.4, 0.5) is 9.18 Å². The zero-order chi connectivity index (χ0) is 15.9. The fraction of sp³-hybridized carbons (Fsp3) is 0.500. The van der Waals surface area contributed by atoms with E-state index in [1.807, 2.05) is 0 Å². The van der Waals surface area contributed by atoms with Gasteiger partial charge >= 0.3 is 6.09 Å². The first-order valence-electron chi connectivity index (χ1n) is 7.45. The highest BCUT2D eigenvalue weighted by molar-refractivity contribution is 5.76. The van der Waals surface area contributed by atoms with Gasteiger partial charge in [0, 0.05) is 25.6 Å². The van der Waals surface area contributed by atoms with Crippen LogP contribution in [0, 0.1) is 5.82 Å². The maximum atomic E-state index is 12.8. The molecule has 0 radical (unpaired) electrons. The van der Waals surface area contributed by atoms with Crippen molar-refractivity contribution in [2.45, 2.75) is 31.7 Å². The molecule has 6 heteroatoms. The molecule has 2 rings (SSSR count). The van der Waals surface area contributed by atoms with Crippen LogP contribution < -0.4 is 5.32 Å². The minimum absolute atomic E-state index is 0.0131. The van der Waals surface area contributed by atoms with Crippen molar-refractivity contribution < 1.29 is 18.7 Å². The van der Waals surface area contributed by atoms with E-state index in [2.05, 4.69) is 10.1 Å². The third kappa shape index (κ3) is 4.72. The number of halogens is 1. The van der Waals surface area contributed by atoms with Crippen molar-refractivity contribution in [1.82, 2.24) is 10.2 Å². The average Bonchev–Trinajstić information content (AvgIpc) is 2.54. The molecule has 22 heavy (non-hydrogen) atoms. The molecule has 120 valence electrons. The van der Waals surface area contributed by atoms with Crippen molar-refractivity contribution in [2.24, 2.45) is 0 Å². The lowest BCUT2D eigenvalue weighted by Crippen LogP contribution is -2.46. The lowest BCUT2D eigenvalue weighted by molar-refractivity contribution is -0.122. The van der Waals surface area contributed by atoms with Gasteiger partial charge in [-0.2, -0.15) is 0 Å². The second kappa shape index (κ2) is 7.77. The van der Waals surface area contributed by atoms with Crippen LogP contribution >= 0.6 is 0 Å². The highest BCUT2D eigenvalue weighted by Crippen LogP contribution is 2.12. The number of ether oxygens (including phenoxy) is 1. The van der Waals surface area contributed by atoms with Crippen molar-refractivity contribution in [2.75, 3.05) is 20.2 Å². The summed E-state index contributed by atoms with van der Waals surface area (Å²) >= 11 is 0. The first kappa shape index (κ1) is 16.3. The summed E-state index contributed by atoms with van der Waals surface area (Å²) in [6.45, 7) is 1.19. The smallest absolute Gasteiger partial charge is 0.409 e. The maximum absolute atomic E-state index is 12.8. The summed E-state index contributed by atoms with van der Waals surface area (Å²) in [5, 5.41) is 2.99. The molecule has 1 fully saturated rings. The number of likely N-dealkylation sites (tertiary alicyclic amines) is 1. The van der Waals surface area contributed by atoms with Gasteiger partial charge in [0.2, 0.25) is 5.91 Å². The van der Waals surface area contributed by atoms with Gasteiger partial charge < -0.3 is 15.0 Å². The Morgan fingerprint density at radius 2 is 1.91 bits per heavy atom. The molecule has 2 amide bonds. The molecule has 0 bridgehead atoms. The molecule has 0 aliphatic carbocycles. The zero-order valence-corrected chi connectivity index (χ0v) is 12.7. The van der Waals surface area contributed by atoms with Gasteiger partial charge in [-0.1, -0.05) is 12.1 Å². The van der Waals surface area contributed by atoms with Gasteiger partial charge in [-0.25, -0.2) is 9.18 Å². The Morgan fingerprint density at radius 1 is 1.27 bits per heavy atom. The topological polar surface area (TPSA) is 58.6 Å².